The summed E-state index contributed by atoms with van der Waals surface area (Å²) in [5.74, 6) is 0.758. The molecule has 0 amide bonds. The Hall–Kier alpha value is -2.70. The molecule has 0 unspecified atom stereocenters. The molecule has 0 saturated heterocycles. The van der Waals surface area contributed by atoms with Crippen LogP contribution in [0.5, 0.6) is 0 Å². The molecule has 164 valence electrons. The van der Waals surface area contributed by atoms with Gasteiger partial charge in [0.25, 0.3) is 0 Å². The van der Waals surface area contributed by atoms with Crippen LogP contribution in [-0.2, 0) is 17.8 Å². The normalized spacial score (nSPS) is 17.8. The Bertz CT molecular complexity index is 994. The lowest BCUT2D eigenvalue weighted by Crippen LogP contribution is -2.43. The molecule has 31 heavy (non-hydrogen) atoms. The highest BCUT2D eigenvalue weighted by atomic mass is 35.5. The maximum absolute atomic E-state index is 10.9. The van der Waals surface area contributed by atoms with Crippen molar-refractivity contribution < 1.29 is 14.3 Å². The van der Waals surface area contributed by atoms with Gasteiger partial charge in [-0.05, 0) is 60.6 Å². The van der Waals surface area contributed by atoms with E-state index in [0.29, 0.717) is 30.5 Å². The molecule has 1 aromatic heterocycles. The van der Waals surface area contributed by atoms with E-state index >= 15 is 0 Å². The Balaban J connectivity index is 0.00000272. The zero-order valence-corrected chi connectivity index (χ0v) is 18.6. The molecule has 1 saturated carbocycles. The molecule has 1 aliphatic rings. The third-order valence-electron chi connectivity index (χ3n) is 5.55. The lowest BCUT2D eigenvalue weighted by molar-refractivity contribution is -0.145. The zero-order valence-electron chi connectivity index (χ0n) is 17.7. The SMILES string of the molecule is CC(C)Cc1ccc(-c2nnc(-c3ccc(CN[C@H]4C[C@@H](C(=O)O)C4)cc3)o2)cc1.Cl. The highest BCUT2D eigenvalue weighted by Gasteiger charge is 2.33. The fraction of sp³-hybridized carbons (Fsp3) is 0.375. The molecule has 1 heterocycles. The monoisotopic (exact) mass is 441 g/mol. The summed E-state index contributed by atoms with van der Waals surface area (Å²) in [4.78, 5) is 10.9. The molecule has 6 nitrogen and oxygen atoms in total. The van der Waals surface area contributed by atoms with Gasteiger partial charge >= 0.3 is 5.97 Å². The number of hydrogen-bond acceptors (Lipinski definition) is 5. The third-order valence-corrected chi connectivity index (χ3v) is 5.55. The first-order valence-corrected chi connectivity index (χ1v) is 10.5. The van der Waals surface area contributed by atoms with Crippen molar-refractivity contribution in [1.82, 2.24) is 15.5 Å². The molecule has 1 aliphatic carbocycles. The van der Waals surface area contributed by atoms with Crippen LogP contribution in [0.1, 0.15) is 37.8 Å². The van der Waals surface area contributed by atoms with E-state index < -0.39 is 5.97 Å². The van der Waals surface area contributed by atoms with E-state index in [1.807, 2.05) is 36.4 Å². The van der Waals surface area contributed by atoms with Crippen molar-refractivity contribution in [2.75, 3.05) is 0 Å². The van der Waals surface area contributed by atoms with Gasteiger partial charge in [-0.15, -0.1) is 22.6 Å². The number of halogens is 1. The van der Waals surface area contributed by atoms with Crippen LogP contribution in [0.25, 0.3) is 22.9 Å². The van der Waals surface area contributed by atoms with Gasteiger partial charge in [0.05, 0.1) is 5.92 Å². The quantitative estimate of drug-likeness (QED) is 0.512. The highest BCUT2D eigenvalue weighted by molar-refractivity contribution is 5.85. The van der Waals surface area contributed by atoms with Crippen LogP contribution < -0.4 is 5.32 Å². The maximum atomic E-state index is 10.9. The van der Waals surface area contributed by atoms with Crippen molar-refractivity contribution in [2.45, 2.75) is 45.7 Å². The molecule has 7 heteroatoms. The van der Waals surface area contributed by atoms with E-state index in [1.54, 1.807) is 0 Å². The minimum absolute atomic E-state index is 0. The summed E-state index contributed by atoms with van der Waals surface area (Å²) in [6.07, 6.45) is 2.46. The lowest BCUT2D eigenvalue weighted by Gasteiger charge is -2.33. The van der Waals surface area contributed by atoms with Crippen molar-refractivity contribution in [3.05, 3.63) is 59.7 Å². The van der Waals surface area contributed by atoms with Crippen LogP contribution in [0.15, 0.2) is 52.9 Å². The van der Waals surface area contributed by atoms with Crippen LogP contribution in [0.3, 0.4) is 0 Å². The minimum atomic E-state index is -0.692. The third kappa shape index (κ3) is 5.71. The maximum Gasteiger partial charge on any atom is 0.306 e. The summed E-state index contributed by atoms with van der Waals surface area (Å²) in [6.45, 7) is 5.14. The number of carboxylic acid groups (broad SMARTS) is 1. The number of carbonyl (C=O) groups is 1. The van der Waals surface area contributed by atoms with Gasteiger partial charge in [-0.25, -0.2) is 0 Å². The molecule has 4 rings (SSSR count). The second kappa shape index (κ2) is 10.1. The molecule has 1 fully saturated rings. The fourth-order valence-electron chi connectivity index (χ4n) is 3.72. The van der Waals surface area contributed by atoms with Gasteiger partial charge in [-0.1, -0.05) is 38.1 Å². The van der Waals surface area contributed by atoms with Gasteiger partial charge < -0.3 is 14.8 Å². The van der Waals surface area contributed by atoms with E-state index in [1.165, 1.54) is 5.56 Å². The summed E-state index contributed by atoms with van der Waals surface area (Å²) >= 11 is 0. The van der Waals surface area contributed by atoms with Crippen LogP contribution >= 0.6 is 12.4 Å². The number of rotatable bonds is 8. The van der Waals surface area contributed by atoms with Gasteiger partial charge in [0.15, 0.2) is 0 Å². The first-order valence-electron chi connectivity index (χ1n) is 10.5. The molecular weight excluding hydrogens is 414 g/mol. The zero-order chi connectivity index (χ0) is 21.1. The van der Waals surface area contributed by atoms with Crippen molar-refractivity contribution in [1.29, 1.82) is 0 Å². The van der Waals surface area contributed by atoms with Crippen molar-refractivity contribution >= 4 is 18.4 Å². The molecular formula is C24H28ClN3O3. The van der Waals surface area contributed by atoms with Gasteiger partial charge in [0, 0.05) is 23.7 Å². The molecule has 0 atom stereocenters. The second-order valence-corrected chi connectivity index (χ2v) is 8.49. The average Bonchev–Trinajstić information content (AvgIpc) is 3.17. The Labute approximate surface area is 188 Å². The lowest BCUT2D eigenvalue weighted by atomic mass is 9.80. The summed E-state index contributed by atoms with van der Waals surface area (Å²) in [5, 5.41) is 20.7. The van der Waals surface area contributed by atoms with Crippen LogP contribution in [0.4, 0.5) is 0 Å². The Morgan fingerprint density at radius 2 is 1.52 bits per heavy atom. The van der Waals surface area contributed by atoms with Crippen molar-refractivity contribution in [3.63, 3.8) is 0 Å². The summed E-state index contributed by atoms with van der Waals surface area (Å²) in [6, 6.07) is 16.6. The van der Waals surface area contributed by atoms with Crippen LogP contribution in [0, 0.1) is 11.8 Å². The number of nitrogens with zero attached hydrogens (tertiary/aromatic N) is 2. The fourth-order valence-corrected chi connectivity index (χ4v) is 3.72. The number of aliphatic carboxylic acids is 1. The first-order chi connectivity index (χ1) is 14.5. The highest BCUT2D eigenvalue weighted by Crippen LogP contribution is 2.28. The summed E-state index contributed by atoms with van der Waals surface area (Å²) in [5.41, 5.74) is 4.24. The van der Waals surface area contributed by atoms with E-state index in [2.05, 4.69) is 41.5 Å². The number of aromatic nitrogens is 2. The first kappa shape index (κ1) is 23.0. The van der Waals surface area contributed by atoms with E-state index in [0.717, 1.165) is 29.7 Å². The van der Waals surface area contributed by atoms with Gasteiger partial charge in [0.2, 0.25) is 11.8 Å². The van der Waals surface area contributed by atoms with Crippen LogP contribution in [0.2, 0.25) is 0 Å². The standard InChI is InChI=1S/C24H27N3O3.ClH/c1-15(2)11-16-3-7-18(8-4-16)22-26-27-23(30-22)19-9-5-17(6-10-19)14-25-21-12-20(13-21)24(28)29;/h3-10,15,20-21,25H,11-14H2,1-2H3,(H,28,29);1H/t20-,21+;. The van der Waals surface area contributed by atoms with E-state index in [9.17, 15) is 4.79 Å². The number of benzene rings is 2. The molecule has 2 N–H and O–H groups in total. The Kier molecular flexibility index (Phi) is 7.46. The molecule has 0 spiro atoms. The predicted molar refractivity (Wildman–Crippen MR) is 122 cm³/mol. The predicted octanol–water partition coefficient (Wildman–Crippen LogP) is 4.98. The topological polar surface area (TPSA) is 88.2 Å². The number of carboxylic acids is 1. The Morgan fingerprint density at radius 1 is 1.00 bits per heavy atom. The van der Waals surface area contributed by atoms with Crippen LogP contribution in [-0.4, -0.2) is 27.3 Å². The largest absolute Gasteiger partial charge is 0.481 e. The van der Waals surface area contributed by atoms with E-state index in [4.69, 9.17) is 9.52 Å². The average molecular weight is 442 g/mol. The number of hydrogen-bond donors (Lipinski definition) is 2. The Morgan fingerprint density at radius 3 is 2.00 bits per heavy atom. The molecule has 0 aliphatic heterocycles. The molecule has 0 radical (unpaired) electrons. The van der Waals surface area contributed by atoms with Gasteiger partial charge in [-0.3, -0.25) is 4.79 Å². The van der Waals surface area contributed by atoms with Crippen molar-refractivity contribution in [3.8, 4) is 22.9 Å². The summed E-state index contributed by atoms with van der Waals surface area (Å²) < 4.78 is 5.88. The van der Waals surface area contributed by atoms with Crippen molar-refractivity contribution in [2.24, 2.45) is 11.8 Å². The van der Waals surface area contributed by atoms with Gasteiger partial charge in [0.1, 0.15) is 0 Å². The second-order valence-electron chi connectivity index (χ2n) is 8.49. The molecule has 0 bridgehead atoms. The minimum Gasteiger partial charge on any atom is -0.481 e. The number of nitrogens with one attached hydrogen (secondary N) is 1. The molecule has 2 aromatic carbocycles. The molecule has 3 aromatic rings. The summed E-state index contributed by atoms with van der Waals surface area (Å²) in [7, 11) is 0. The smallest absolute Gasteiger partial charge is 0.306 e. The van der Waals surface area contributed by atoms with E-state index in [-0.39, 0.29) is 24.4 Å². The van der Waals surface area contributed by atoms with Gasteiger partial charge in [-0.2, -0.15) is 0 Å².